The second kappa shape index (κ2) is 8.77. The maximum absolute atomic E-state index is 13.5. The highest BCUT2D eigenvalue weighted by Crippen LogP contribution is 2.37. The average molecular weight is 449 g/mol. The molecule has 0 saturated carbocycles. The van der Waals surface area contributed by atoms with E-state index in [4.69, 9.17) is 21.1 Å². The number of methoxy groups -OCH3 is 2. The van der Waals surface area contributed by atoms with Gasteiger partial charge >= 0.3 is 0 Å². The lowest BCUT2D eigenvalue weighted by Crippen LogP contribution is -2.32. The highest BCUT2D eigenvalue weighted by atomic mass is 35.5. The van der Waals surface area contributed by atoms with Gasteiger partial charge in [-0.3, -0.25) is 9.59 Å². The molecule has 162 valence electrons. The van der Waals surface area contributed by atoms with E-state index in [2.05, 4.69) is 5.32 Å². The number of carbonyl (C=O) groups is 2. The third-order valence-corrected chi connectivity index (χ3v) is 5.39. The van der Waals surface area contributed by atoms with Crippen molar-refractivity contribution in [1.29, 1.82) is 0 Å². The van der Waals surface area contributed by atoms with E-state index in [1.54, 1.807) is 49.6 Å². The van der Waals surface area contributed by atoms with Crippen LogP contribution in [0.5, 0.6) is 11.5 Å². The number of benzene rings is 3. The van der Waals surface area contributed by atoms with Gasteiger partial charge in [0.2, 0.25) is 0 Å². The topological polar surface area (TPSA) is 67.9 Å². The Labute approximate surface area is 191 Å². The molecule has 3 aromatic rings. The van der Waals surface area contributed by atoms with Crippen molar-refractivity contribution < 1.29 is 19.1 Å². The molecule has 0 spiro atoms. The van der Waals surface area contributed by atoms with Gasteiger partial charge in [-0.15, -0.1) is 0 Å². The molecule has 0 saturated heterocycles. The molecule has 1 aliphatic heterocycles. The highest BCUT2D eigenvalue weighted by molar-refractivity contribution is 6.46. The molecule has 0 aliphatic carbocycles. The summed E-state index contributed by atoms with van der Waals surface area (Å²) < 4.78 is 10.7. The van der Waals surface area contributed by atoms with Crippen molar-refractivity contribution in [3.8, 4) is 11.5 Å². The van der Waals surface area contributed by atoms with Gasteiger partial charge in [0, 0.05) is 11.1 Å². The van der Waals surface area contributed by atoms with Crippen LogP contribution in [0.15, 0.2) is 72.4 Å². The number of imide groups is 1. The van der Waals surface area contributed by atoms with Gasteiger partial charge in [-0.1, -0.05) is 47.5 Å². The predicted octanol–water partition coefficient (Wildman–Crippen LogP) is 5.06. The summed E-state index contributed by atoms with van der Waals surface area (Å²) >= 11 is 6.12. The second-order valence-corrected chi connectivity index (χ2v) is 7.67. The molecular formula is C25H21ClN2O4. The van der Waals surface area contributed by atoms with Crippen LogP contribution in [0.3, 0.4) is 0 Å². The Balaban J connectivity index is 1.86. The molecule has 1 N–H and O–H groups in total. The summed E-state index contributed by atoms with van der Waals surface area (Å²) in [6.45, 7) is 1.96. The number of halogens is 1. The number of nitrogens with zero attached hydrogens (tertiary/aromatic N) is 1. The Morgan fingerprint density at radius 2 is 1.62 bits per heavy atom. The minimum absolute atomic E-state index is 0.144. The first kappa shape index (κ1) is 21.5. The average Bonchev–Trinajstić information content (AvgIpc) is 3.03. The van der Waals surface area contributed by atoms with Crippen LogP contribution in [0.4, 0.5) is 11.4 Å². The predicted molar refractivity (Wildman–Crippen MR) is 125 cm³/mol. The van der Waals surface area contributed by atoms with E-state index in [0.717, 1.165) is 10.5 Å². The zero-order valence-electron chi connectivity index (χ0n) is 17.8. The number of nitrogens with one attached hydrogen (secondary N) is 1. The Morgan fingerprint density at radius 3 is 2.28 bits per heavy atom. The first-order valence-corrected chi connectivity index (χ1v) is 10.3. The van der Waals surface area contributed by atoms with Gasteiger partial charge in [-0.2, -0.15) is 0 Å². The van der Waals surface area contributed by atoms with Crippen LogP contribution in [0.1, 0.15) is 11.1 Å². The molecule has 0 atom stereocenters. The summed E-state index contributed by atoms with van der Waals surface area (Å²) in [5.41, 5.74) is 2.97. The Bertz CT molecular complexity index is 1230. The van der Waals surface area contributed by atoms with E-state index in [1.807, 2.05) is 31.2 Å². The SMILES string of the molecule is COc1ccc(OC)c(NC2=C(c3ccc(C)cc3)C(=O)N(c3cccc(Cl)c3)C2=O)c1. The van der Waals surface area contributed by atoms with Gasteiger partial charge in [0.15, 0.2) is 0 Å². The number of anilines is 2. The van der Waals surface area contributed by atoms with Crippen molar-refractivity contribution in [3.05, 3.63) is 88.6 Å². The minimum Gasteiger partial charge on any atom is -0.497 e. The number of hydrogen-bond donors (Lipinski definition) is 1. The zero-order valence-corrected chi connectivity index (χ0v) is 18.6. The molecule has 0 aromatic heterocycles. The standard InChI is InChI=1S/C25H21ClN2O4/c1-15-7-9-16(10-8-15)22-23(27-20-14-19(31-2)11-12-21(20)32-3)25(30)28(24(22)29)18-6-4-5-17(26)13-18/h4-14,27H,1-3H3. The fourth-order valence-electron chi connectivity index (χ4n) is 3.53. The summed E-state index contributed by atoms with van der Waals surface area (Å²) in [5.74, 6) is 0.153. The molecule has 3 aromatic carbocycles. The number of ether oxygens (including phenoxy) is 2. The van der Waals surface area contributed by atoms with E-state index >= 15 is 0 Å². The van der Waals surface area contributed by atoms with E-state index in [0.29, 0.717) is 33.5 Å². The lowest BCUT2D eigenvalue weighted by molar-refractivity contribution is -0.120. The molecule has 6 nitrogen and oxygen atoms in total. The summed E-state index contributed by atoms with van der Waals surface area (Å²) in [4.78, 5) is 28.1. The molecule has 0 bridgehead atoms. The zero-order chi connectivity index (χ0) is 22.8. The van der Waals surface area contributed by atoms with Crippen LogP contribution in [-0.4, -0.2) is 26.0 Å². The third kappa shape index (κ3) is 3.92. The van der Waals surface area contributed by atoms with Gasteiger partial charge in [-0.05, 0) is 42.8 Å². The van der Waals surface area contributed by atoms with Crippen molar-refractivity contribution in [1.82, 2.24) is 0 Å². The molecular weight excluding hydrogens is 428 g/mol. The van der Waals surface area contributed by atoms with E-state index in [-0.39, 0.29) is 11.3 Å². The molecule has 1 heterocycles. The van der Waals surface area contributed by atoms with Crippen LogP contribution >= 0.6 is 11.6 Å². The Kier molecular flexibility index (Phi) is 5.88. The number of aryl methyl sites for hydroxylation is 1. The van der Waals surface area contributed by atoms with Crippen LogP contribution in [0, 0.1) is 6.92 Å². The second-order valence-electron chi connectivity index (χ2n) is 7.23. The van der Waals surface area contributed by atoms with Crippen molar-refractivity contribution in [2.75, 3.05) is 24.4 Å². The monoisotopic (exact) mass is 448 g/mol. The van der Waals surface area contributed by atoms with Gasteiger partial charge < -0.3 is 14.8 Å². The molecule has 1 aliphatic rings. The molecule has 7 heteroatoms. The van der Waals surface area contributed by atoms with Gasteiger partial charge in [0.05, 0.1) is 31.2 Å². The van der Waals surface area contributed by atoms with Gasteiger partial charge in [-0.25, -0.2) is 4.90 Å². The lowest BCUT2D eigenvalue weighted by atomic mass is 10.0. The van der Waals surface area contributed by atoms with E-state index < -0.39 is 11.8 Å². The summed E-state index contributed by atoms with van der Waals surface area (Å²) in [5, 5.41) is 3.55. The van der Waals surface area contributed by atoms with Crippen molar-refractivity contribution >= 4 is 40.4 Å². The van der Waals surface area contributed by atoms with Crippen molar-refractivity contribution in [2.45, 2.75) is 6.92 Å². The van der Waals surface area contributed by atoms with Crippen LogP contribution in [0.25, 0.3) is 5.57 Å². The maximum atomic E-state index is 13.5. The van der Waals surface area contributed by atoms with Gasteiger partial charge in [0.25, 0.3) is 11.8 Å². The first-order chi connectivity index (χ1) is 15.4. The van der Waals surface area contributed by atoms with Crippen molar-refractivity contribution in [2.24, 2.45) is 0 Å². The number of rotatable bonds is 6. The molecule has 0 unspecified atom stereocenters. The summed E-state index contributed by atoms with van der Waals surface area (Å²) in [7, 11) is 3.08. The normalized spacial score (nSPS) is 13.6. The molecule has 4 rings (SSSR count). The molecule has 0 fully saturated rings. The van der Waals surface area contributed by atoms with Crippen LogP contribution in [0.2, 0.25) is 5.02 Å². The number of carbonyl (C=O) groups excluding carboxylic acids is 2. The lowest BCUT2D eigenvalue weighted by Gasteiger charge is -2.16. The quantitative estimate of drug-likeness (QED) is 0.534. The molecule has 0 radical (unpaired) electrons. The van der Waals surface area contributed by atoms with E-state index in [1.165, 1.54) is 7.11 Å². The maximum Gasteiger partial charge on any atom is 0.282 e. The number of hydrogen-bond acceptors (Lipinski definition) is 5. The largest absolute Gasteiger partial charge is 0.497 e. The summed E-state index contributed by atoms with van der Waals surface area (Å²) in [6.07, 6.45) is 0. The molecule has 2 amide bonds. The minimum atomic E-state index is -0.488. The smallest absolute Gasteiger partial charge is 0.282 e. The van der Waals surface area contributed by atoms with Crippen LogP contribution < -0.4 is 19.7 Å². The fourth-order valence-corrected chi connectivity index (χ4v) is 3.71. The Morgan fingerprint density at radius 1 is 0.875 bits per heavy atom. The third-order valence-electron chi connectivity index (χ3n) is 5.16. The molecule has 32 heavy (non-hydrogen) atoms. The van der Waals surface area contributed by atoms with Gasteiger partial charge in [0.1, 0.15) is 17.2 Å². The Hall–Kier alpha value is -3.77. The highest BCUT2D eigenvalue weighted by Gasteiger charge is 2.40. The fraction of sp³-hybridized carbons (Fsp3) is 0.120. The first-order valence-electron chi connectivity index (χ1n) is 9.87. The summed E-state index contributed by atoms with van der Waals surface area (Å²) in [6, 6.07) is 19.2. The van der Waals surface area contributed by atoms with E-state index in [9.17, 15) is 9.59 Å². The number of amides is 2. The van der Waals surface area contributed by atoms with Crippen molar-refractivity contribution in [3.63, 3.8) is 0 Å². The van der Waals surface area contributed by atoms with Crippen LogP contribution in [-0.2, 0) is 9.59 Å².